The molecule has 0 bridgehead atoms. The van der Waals surface area contributed by atoms with Crippen LogP contribution in [0.3, 0.4) is 0 Å². The molecule has 0 radical (unpaired) electrons. The molecule has 1 nitrogen and oxygen atoms in total. The highest BCUT2D eigenvalue weighted by Crippen LogP contribution is 2.22. The zero-order chi connectivity index (χ0) is 9.68. The zero-order valence-electron chi connectivity index (χ0n) is 8.29. The van der Waals surface area contributed by atoms with Gasteiger partial charge in [-0.1, -0.05) is 18.2 Å². The summed E-state index contributed by atoms with van der Waals surface area (Å²) in [6, 6.07) is 8.79. The van der Waals surface area contributed by atoms with E-state index in [1.807, 2.05) is 11.8 Å². The molecule has 2 heteroatoms. The fraction of sp³-hybridized carbons (Fsp3) is 0.455. The van der Waals surface area contributed by atoms with Crippen LogP contribution in [0.2, 0.25) is 0 Å². The lowest BCUT2D eigenvalue weighted by atomic mass is 10.2. The summed E-state index contributed by atoms with van der Waals surface area (Å²) in [6.45, 7) is 4.20. The van der Waals surface area contributed by atoms with Crippen molar-refractivity contribution in [2.24, 2.45) is 5.73 Å². The van der Waals surface area contributed by atoms with E-state index in [4.69, 9.17) is 5.73 Å². The predicted octanol–water partition coefficient (Wildman–Crippen LogP) is 2.82. The van der Waals surface area contributed by atoms with Gasteiger partial charge in [-0.2, -0.15) is 0 Å². The van der Waals surface area contributed by atoms with Crippen molar-refractivity contribution in [3.63, 3.8) is 0 Å². The van der Waals surface area contributed by atoms with Gasteiger partial charge in [0.1, 0.15) is 0 Å². The topological polar surface area (TPSA) is 26.0 Å². The van der Waals surface area contributed by atoms with Crippen LogP contribution in [0.15, 0.2) is 29.2 Å². The molecule has 0 saturated carbocycles. The van der Waals surface area contributed by atoms with E-state index < -0.39 is 0 Å². The van der Waals surface area contributed by atoms with Crippen LogP contribution in [0.25, 0.3) is 0 Å². The van der Waals surface area contributed by atoms with Gasteiger partial charge in [0, 0.05) is 10.9 Å². The number of nitrogens with two attached hydrogens (primary N) is 1. The molecule has 0 aromatic heterocycles. The maximum absolute atomic E-state index is 5.68. The van der Waals surface area contributed by atoms with Crippen LogP contribution in [0, 0.1) is 6.92 Å². The van der Waals surface area contributed by atoms with Crippen LogP contribution >= 0.6 is 11.8 Å². The second-order valence-electron chi connectivity index (χ2n) is 3.38. The molecule has 0 aliphatic carbocycles. The first-order valence-electron chi connectivity index (χ1n) is 4.64. The number of rotatable bonds is 4. The fourth-order valence-corrected chi connectivity index (χ4v) is 2.25. The first kappa shape index (κ1) is 10.6. The molecule has 0 aliphatic rings. The normalized spacial score (nSPS) is 12.8. The van der Waals surface area contributed by atoms with Crippen molar-refractivity contribution in [3.8, 4) is 0 Å². The number of thioether (sulfide) groups is 1. The predicted molar refractivity (Wildman–Crippen MR) is 60.2 cm³/mol. The first-order valence-corrected chi connectivity index (χ1v) is 5.62. The summed E-state index contributed by atoms with van der Waals surface area (Å²) in [7, 11) is 0. The van der Waals surface area contributed by atoms with Gasteiger partial charge >= 0.3 is 0 Å². The van der Waals surface area contributed by atoms with Crippen LogP contribution in [0.4, 0.5) is 0 Å². The maximum atomic E-state index is 5.68. The second kappa shape index (κ2) is 5.30. The van der Waals surface area contributed by atoms with Crippen LogP contribution in [-0.2, 0) is 0 Å². The maximum Gasteiger partial charge on any atom is 0.0101 e. The van der Waals surface area contributed by atoms with E-state index in [2.05, 4.69) is 38.1 Å². The summed E-state index contributed by atoms with van der Waals surface area (Å²) in [5.41, 5.74) is 7.04. The molecule has 1 aromatic rings. The van der Waals surface area contributed by atoms with E-state index >= 15 is 0 Å². The Morgan fingerprint density at radius 3 is 2.69 bits per heavy atom. The molecular weight excluding hydrogens is 178 g/mol. The Labute approximate surface area is 84.7 Å². The molecule has 2 N–H and O–H groups in total. The van der Waals surface area contributed by atoms with Gasteiger partial charge < -0.3 is 5.73 Å². The fourth-order valence-electron chi connectivity index (χ4n) is 1.07. The van der Waals surface area contributed by atoms with Crippen molar-refractivity contribution in [3.05, 3.63) is 29.8 Å². The largest absolute Gasteiger partial charge is 0.328 e. The molecule has 13 heavy (non-hydrogen) atoms. The average molecular weight is 195 g/mol. The lowest BCUT2D eigenvalue weighted by Crippen LogP contribution is -2.15. The third kappa shape index (κ3) is 3.83. The minimum atomic E-state index is 0.316. The highest BCUT2D eigenvalue weighted by Gasteiger charge is 1.98. The molecular formula is C11H17NS. The monoisotopic (exact) mass is 195 g/mol. The Balaban J connectivity index is 2.41. The third-order valence-electron chi connectivity index (χ3n) is 1.92. The van der Waals surface area contributed by atoms with E-state index in [0.717, 1.165) is 12.2 Å². The van der Waals surface area contributed by atoms with Crippen molar-refractivity contribution in [2.45, 2.75) is 31.2 Å². The Bertz CT molecular complexity index is 258. The molecule has 1 atom stereocenters. The van der Waals surface area contributed by atoms with E-state index in [1.54, 1.807) is 0 Å². The van der Waals surface area contributed by atoms with Crippen LogP contribution in [-0.4, -0.2) is 11.8 Å². The van der Waals surface area contributed by atoms with Crippen LogP contribution in [0.1, 0.15) is 18.9 Å². The van der Waals surface area contributed by atoms with Crippen molar-refractivity contribution in [2.75, 3.05) is 5.75 Å². The Kier molecular flexibility index (Phi) is 4.33. The first-order chi connectivity index (χ1) is 6.20. The number of hydrogen-bond acceptors (Lipinski definition) is 2. The average Bonchev–Trinajstić information content (AvgIpc) is 2.08. The van der Waals surface area contributed by atoms with Gasteiger partial charge in [-0.15, -0.1) is 11.8 Å². The standard InChI is InChI=1S/C11H17NS/c1-9-5-3-4-6-11(9)13-8-7-10(2)12/h3-6,10H,7-8,12H2,1-2H3. The van der Waals surface area contributed by atoms with Crippen LogP contribution in [0.5, 0.6) is 0 Å². The second-order valence-corrected chi connectivity index (χ2v) is 4.52. The summed E-state index contributed by atoms with van der Waals surface area (Å²) in [4.78, 5) is 1.38. The van der Waals surface area contributed by atoms with Crippen LogP contribution < -0.4 is 5.73 Å². The van der Waals surface area contributed by atoms with E-state index in [9.17, 15) is 0 Å². The minimum Gasteiger partial charge on any atom is -0.328 e. The minimum absolute atomic E-state index is 0.316. The third-order valence-corrected chi connectivity index (χ3v) is 3.13. The van der Waals surface area contributed by atoms with E-state index in [-0.39, 0.29) is 0 Å². The Morgan fingerprint density at radius 2 is 2.08 bits per heavy atom. The van der Waals surface area contributed by atoms with Gasteiger partial charge in [0.05, 0.1) is 0 Å². The SMILES string of the molecule is Cc1ccccc1SCCC(C)N. The van der Waals surface area contributed by atoms with Gasteiger partial charge in [0.25, 0.3) is 0 Å². The van der Waals surface area contributed by atoms with E-state index in [1.165, 1.54) is 10.5 Å². The van der Waals surface area contributed by atoms with Crippen molar-refractivity contribution >= 4 is 11.8 Å². The molecule has 0 heterocycles. The summed E-state index contributed by atoms with van der Waals surface area (Å²) in [6.07, 6.45) is 1.08. The van der Waals surface area contributed by atoms with Gasteiger partial charge in [-0.05, 0) is 37.7 Å². The molecule has 1 rings (SSSR count). The molecule has 0 spiro atoms. The quantitative estimate of drug-likeness (QED) is 0.748. The molecule has 0 fully saturated rings. The molecule has 0 amide bonds. The molecule has 1 unspecified atom stereocenters. The summed E-state index contributed by atoms with van der Waals surface area (Å²) >= 11 is 1.90. The molecule has 1 aromatic carbocycles. The van der Waals surface area contributed by atoms with Gasteiger partial charge in [-0.3, -0.25) is 0 Å². The zero-order valence-corrected chi connectivity index (χ0v) is 9.10. The molecule has 0 saturated heterocycles. The van der Waals surface area contributed by atoms with Crippen molar-refractivity contribution < 1.29 is 0 Å². The summed E-state index contributed by atoms with van der Waals surface area (Å²) in [5, 5.41) is 0. The Hall–Kier alpha value is -0.470. The Morgan fingerprint density at radius 1 is 1.38 bits per heavy atom. The smallest absolute Gasteiger partial charge is 0.0101 e. The molecule has 72 valence electrons. The van der Waals surface area contributed by atoms with Gasteiger partial charge in [-0.25, -0.2) is 0 Å². The highest BCUT2D eigenvalue weighted by atomic mass is 32.2. The molecule has 0 aliphatic heterocycles. The van der Waals surface area contributed by atoms with Crippen molar-refractivity contribution in [1.29, 1.82) is 0 Å². The number of hydrogen-bond donors (Lipinski definition) is 1. The van der Waals surface area contributed by atoms with E-state index in [0.29, 0.717) is 6.04 Å². The lowest BCUT2D eigenvalue weighted by Gasteiger charge is -2.06. The highest BCUT2D eigenvalue weighted by molar-refractivity contribution is 7.99. The van der Waals surface area contributed by atoms with Crippen molar-refractivity contribution in [1.82, 2.24) is 0 Å². The summed E-state index contributed by atoms with van der Waals surface area (Å²) in [5.74, 6) is 1.11. The number of benzene rings is 1. The number of aryl methyl sites for hydroxylation is 1. The summed E-state index contributed by atoms with van der Waals surface area (Å²) < 4.78 is 0. The van der Waals surface area contributed by atoms with Gasteiger partial charge in [0.15, 0.2) is 0 Å². The lowest BCUT2D eigenvalue weighted by molar-refractivity contribution is 0.721. The van der Waals surface area contributed by atoms with Gasteiger partial charge in [0.2, 0.25) is 0 Å².